The molecule has 0 unspecified atom stereocenters. The third kappa shape index (κ3) is 3.32. The van der Waals surface area contributed by atoms with Gasteiger partial charge in [-0.2, -0.15) is 0 Å². The van der Waals surface area contributed by atoms with Crippen LogP contribution in [0.5, 0.6) is 0 Å². The normalized spacial score (nSPS) is 11.0. The van der Waals surface area contributed by atoms with E-state index in [0.29, 0.717) is 10.2 Å². The first-order valence-corrected chi connectivity index (χ1v) is 8.97. The molecule has 0 aliphatic rings. The quantitative estimate of drug-likeness (QED) is 0.396. The van der Waals surface area contributed by atoms with Gasteiger partial charge in [0.15, 0.2) is 5.58 Å². The smallest absolute Gasteiger partial charge is 0.257 e. The molecule has 0 aliphatic carbocycles. The molecule has 24 heavy (non-hydrogen) atoms. The molecule has 0 atom stereocenters. The maximum atomic E-state index is 5.98. The fraction of sp³-hybridized carbons (Fsp3) is 0.0500. The van der Waals surface area contributed by atoms with Crippen LogP contribution in [-0.4, -0.2) is 4.98 Å². The predicted molar refractivity (Wildman–Crippen MR) is 100 cm³/mol. The standard InChI is InChI=1S/C20H14ClNOS/c21-17-9-10-18-19(12-17)23-20(22-18)24-13-14-5-4-8-16(11-14)15-6-2-1-3-7-15/h1-12H,13H2. The summed E-state index contributed by atoms with van der Waals surface area (Å²) in [6.45, 7) is 0. The van der Waals surface area contributed by atoms with Gasteiger partial charge in [0, 0.05) is 16.8 Å². The van der Waals surface area contributed by atoms with E-state index in [4.69, 9.17) is 16.0 Å². The second kappa shape index (κ2) is 6.71. The number of rotatable bonds is 4. The highest BCUT2D eigenvalue weighted by Crippen LogP contribution is 2.29. The van der Waals surface area contributed by atoms with Crippen LogP contribution in [0.4, 0.5) is 0 Å². The Hall–Kier alpha value is -2.23. The van der Waals surface area contributed by atoms with Crippen molar-refractivity contribution in [2.24, 2.45) is 0 Å². The molecule has 1 heterocycles. The fourth-order valence-electron chi connectivity index (χ4n) is 2.56. The zero-order valence-corrected chi connectivity index (χ0v) is 14.3. The van der Waals surface area contributed by atoms with Crippen LogP contribution >= 0.6 is 23.4 Å². The Morgan fingerprint density at radius 3 is 2.58 bits per heavy atom. The Morgan fingerprint density at radius 2 is 1.71 bits per heavy atom. The Balaban J connectivity index is 1.53. The Kier molecular flexibility index (Phi) is 4.28. The van der Waals surface area contributed by atoms with Crippen LogP contribution in [0, 0.1) is 0 Å². The van der Waals surface area contributed by atoms with E-state index in [1.54, 1.807) is 17.8 Å². The van der Waals surface area contributed by atoms with Crippen LogP contribution in [0.25, 0.3) is 22.2 Å². The fourth-order valence-corrected chi connectivity index (χ4v) is 3.50. The summed E-state index contributed by atoms with van der Waals surface area (Å²) in [5.41, 5.74) is 5.24. The van der Waals surface area contributed by atoms with Crippen molar-refractivity contribution >= 4 is 34.5 Å². The van der Waals surface area contributed by atoms with Gasteiger partial charge < -0.3 is 4.42 Å². The van der Waals surface area contributed by atoms with Crippen LogP contribution < -0.4 is 0 Å². The summed E-state index contributed by atoms with van der Waals surface area (Å²) in [4.78, 5) is 4.49. The largest absolute Gasteiger partial charge is 0.431 e. The van der Waals surface area contributed by atoms with E-state index in [1.165, 1.54) is 16.7 Å². The van der Waals surface area contributed by atoms with Gasteiger partial charge in [-0.3, -0.25) is 0 Å². The molecule has 3 aromatic carbocycles. The van der Waals surface area contributed by atoms with Gasteiger partial charge in [0.2, 0.25) is 0 Å². The van der Waals surface area contributed by atoms with Gasteiger partial charge in [-0.1, -0.05) is 78.0 Å². The molecule has 0 amide bonds. The molecule has 4 aromatic rings. The lowest BCUT2D eigenvalue weighted by Crippen LogP contribution is -1.83. The molecule has 2 nitrogen and oxygen atoms in total. The van der Waals surface area contributed by atoms with E-state index in [9.17, 15) is 0 Å². The van der Waals surface area contributed by atoms with Crippen LogP contribution in [-0.2, 0) is 5.75 Å². The summed E-state index contributed by atoms with van der Waals surface area (Å²) < 4.78 is 5.75. The Bertz CT molecular complexity index is 981. The third-order valence-corrected chi connectivity index (χ3v) is 4.86. The molecule has 0 saturated heterocycles. The predicted octanol–water partition coefficient (Wildman–Crippen LogP) is 6.44. The lowest BCUT2D eigenvalue weighted by Gasteiger charge is -2.04. The van der Waals surface area contributed by atoms with Crippen molar-refractivity contribution in [1.29, 1.82) is 0 Å². The number of fused-ring (bicyclic) bond motifs is 1. The van der Waals surface area contributed by atoms with Crippen LogP contribution in [0.1, 0.15) is 5.56 Å². The lowest BCUT2D eigenvalue weighted by atomic mass is 10.0. The van der Waals surface area contributed by atoms with E-state index in [0.717, 1.165) is 16.9 Å². The van der Waals surface area contributed by atoms with Crippen molar-refractivity contribution in [1.82, 2.24) is 4.98 Å². The molecule has 0 bridgehead atoms. The molecule has 0 fully saturated rings. The molecule has 0 spiro atoms. The number of hydrogen-bond donors (Lipinski definition) is 0. The summed E-state index contributed by atoms with van der Waals surface area (Å²) >= 11 is 7.57. The molecule has 4 rings (SSSR count). The Labute approximate surface area is 149 Å². The highest BCUT2D eigenvalue weighted by atomic mass is 35.5. The summed E-state index contributed by atoms with van der Waals surface area (Å²) in [5, 5.41) is 1.32. The molecule has 0 radical (unpaired) electrons. The van der Waals surface area contributed by atoms with Crippen molar-refractivity contribution in [2.75, 3.05) is 0 Å². The average molecular weight is 352 g/mol. The van der Waals surface area contributed by atoms with Crippen molar-refractivity contribution in [2.45, 2.75) is 11.0 Å². The molecular weight excluding hydrogens is 338 g/mol. The SMILES string of the molecule is Clc1ccc2nc(SCc3cccc(-c4ccccc4)c3)oc2c1. The number of hydrogen-bond acceptors (Lipinski definition) is 3. The van der Waals surface area contributed by atoms with Gasteiger partial charge >= 0.3 is 0 Å². The van der Waals surface area contributed by atoms with E-state index in [1.807, 2.05) is 18.2 Å². The van der Waals surface area contributed by atoms with Crippen molar-refractivity contribution in [3.8, 4) is 11.1 Å². The van der Waals surface area contributed by atoms with Gasteiger partial charge in [-0.05, 0) is 28.8 Å². The van der Waals surface area contributed by atoms with E-state index < -0.39 is 0 Å². The van der Waals surface area contributed by atoms with E-state index >= 15 is 0 Å². The van der Waals surface area contributed by atoms with Crippen molar-refractivity contribution in [3.63, 3.8) is 0 Å². The van der Waals surface area contributed by atoms with Gasteiger partial charge in [0.05, 0.1) is 0 Å². The summed E-state index contributed by atoms with van der Waals surface area (Å²) in [6, 6.07) is 24.4. The summed E-state index contributed by atoms with van der Waals surface area (Å²) in [7, 11) is 0. The first kappa shape index (κ1) is 15.3. The minimum absolute atomic E-state index is 0.658. The minimum atomic E-state index is 0.658. The zero-order valence-electron chi connectivity index (χ0n) is 12.8. The average Bonchev–Trinajstić information content (AvgIpc) is 3.03. The summed E-state index contributed by atoms with van der Waals surface area (Å²) in [5.74, 6) is 0.807. The van der Waals surface area contributed by atoms with E-state index in [2.05, 4.69) is 53.5 Å². The van der Waals surface area contributed by atoms with Crippen molar-refractivity contribution in [3.05, 3.63) is 83.4 Å². The van der Waals surface area contributed by atoms with Gasteiger partial charge in [-0.25, -0.2) is 4.98 Å². The number of aromatic nitrogens is 1. The van der Waals surface area contributed by atoms with Crippen LogP contribution in [0.3, 0.4) is 0 Å². The number of halogens is 1. The van der Waals surface area contributed by atoms with Crippen LogP contribution in [0.2, 0.25) is 5.02 Å². The van der Waals surface area contributed by atoms with Gasteiger partial charge in [0.1, 0.15) is 5.52 Å². The van der Waals surface area contributed by atoms with Gasteiger partial charge in [0.25, 0.3) is 5.22 Å². The monoisotopic (exact) mass is 351 g/mol. The van der Waals surface area contributed by atoms with Crippen molar-refractivity contribution < 1.29 is 4.42 Å². The number of oxazole rings is 1. The van der Waals surface area contributed by atoms with Gasteiger partial charge in [-0.15, -0.1) is 0 Å². The third-order valence-electron chi connectivity index (χ3n) is 3.73. The molecule has 0 aliphatic heterocycles. The zero-order chi connectivity index (χ0) is 16.4. The topological polar surface area (TPSA) is 26.0 Å². The maximum absolute atomic E-state index is 5.98. The maximum Gasteiger partial charge on any atom is 0.257 e. The number of benzene rings is 3. The lowest BCUT2D eigenvalue weighted by molar-refractivity contribution is 0.489. The molecule has 4 heteroatoms. The first-order valence-electron chi connectivity index (χ1n) is 7.61. The number of nitrogens with zero attached hydrogens (tertiary/aromatic N) is 1. The molecule has 0 N–H and O–H groups in total. The molecular formula is C20H14ClNOS. The molecule has 0 saturated carbocycles. The van der Waals surface area contributed by atoms with E-state index in [-0.39, 0.29) is 0 Å². The highest BCUT2D eigenvalue weighted by Gasteiger charge is 2.07. The number of thioether (sulfide) groups is 1. The Morgan fingerprint density at radius 1 is 0.875 bits per heavy atom. The highest BCUT2D eigenvalue weighted by molar-refractivity contribution is 7.98. The second-order valence-electron chi connectivity index (χ2n) is 5.45. The summed E-state index contributed by atoms with van der Waals surface area (Å²) in [6.07, 6.45) is 0. The minimum Gasteiger partial charge on any atom is -0.431 e. The molecule has 1 aromatic heterocycles. The van der Waals surface area contributed by atoms with Crippen LogP contribution in [0.15, 0.2) is 82.4 Å². The first-order chi connectivity index (χ1) is 11.8. The molecule has 118 valence electrons. The second-order valence-corrected chi connectivity index (χ2v) is 6.81.